The summed E-state index contributed by atoms with van der Waals surface area (Å²) in [6.45, 7) is 2.03. The number of rotatable bonds is 4. The van der Waals surface area contributed by atoms with Crippen LogP contribution in [-0.4, -0.2) is 25.1 Å². The molecular weight excluding hydrogens is 235 g/mol. The number of piperidine rings is 1. The van der Waals surface area contributed by atoms with Gasteiger partial charge in [-0.3, -0.25) is 4.79 Å². The molecule has 98 valence electrons. The van der Waals surface area contributed by atoms with Crippen molar-refractivity contribution in [2.45, 2.75) is 25.6 Å². The fourth-order valence-electron chi connectivity index (χ4n) is 2.01. The van der Waals surface area contributed by atoms with Crippen molar-refractivity contribution in [1.29, 1.82) is 0 Å². The maximum Gasteiger partial charge on any atom is 0.248 e. The molecule has 2 rings (SSSR count). The summed E-state index contributed by atoms with van der Waals surface area (Å²) in [5.74, 6) is -0.924. The maximum absolute atomic E-state index is 13.5. The summed E-state index contributed by atoms with van der Waals surface area (Å²) in [6, 6.07) is 4.09. The summed E-state index contributed by atoms with van der Waals surface area (Å²) in [4.78, 5) is 11.0. The molecule has 1 aliphatic rings. The van der Waals surface area contributed by atoms with Crippen LogP contribution in [0.15, 0.2) is 18.2 Å². The topological polar surface area (TPSA) is 64.4 Å². The summed E-state index contributed by atoms with van der Waals surface area (Å²) in [7, 11) is 0. The number of carbonyl (C=O) groups is 1. The van der Waals surface area contributed by atoms with Gasteiger partial charge in [-0.2, -0.15) is 0 Å². The molecule has 1 aromatic carbocycles. The number of carbonyl (C=O) groups excluding carboxylic acids is 1. The van der Waals surface area contributed by atoms with Crippen LogP contribution in [0.2, 0.25) is 0 Å². The minimum absolute atomic E-state index is 0.155. The molecule has 0 unspecified atom stereocenters. The lowest BCUT2D eigenvalue weighted by atomic mass is 10.1. The van der Waals surface area contributed by atoms with Crippen molar-refractivity contribution >= 4 is 5.91 Å². The van der Waals surface area contributed by atoms with Crippen molar-refractivity contribution in [3.63, 3.8) is 0 Å². The van der Waals surface area contributed by atoms with E-state index in [1.54, 1.807) is 0 Å². The molecule has 0 bridgehead atoms. The normalized spacial score (nSPS) is 16.7. The van der Waals surface area contributed by atoms with Crippen LogP contribution in [0.25, 0.3) is 0 Å². The van der Waals surface area contributed by atoms with Gasteiger partial charge in [-0.05, 0) is 44.1 Å². The second kappa shape index (κ2) is 5.93. The molecule has 0 radical (unpaired) electrons. The molecule has 1 aromatic rings. The van der Waals surface area contributed by atoms with Crippen molar-refractivity contribution in [3.8, 4) is 0 Å². The average molecular weight is 252 g/mol. The lowest BCUT2D eigenvalue weighted by molar-refractivity contribution is 0.0199. The number of ether oxygens (including phenoxy) is 1. The van der Waals surface area contributed by atoms with Gasteiger partial charge in [-0.15, -0.1) is 0 Å². The maximum atomic E-state index is 13.5. The van der Waals surface area contributed by atoms with E-state index >= 15 is 0 Å². The molecule has 4 nitrogen and oxygen atoms in total. The molecule has 1 amide bonds. The van der Waals surface area contributed by atoms with Gasteiger partial charge in [0.15, 0.2) is 0 Å². The lowest BCUT2D eigenvalue weighted by Crippen LogP contribution is -2.32. The Morgan fingerprint density at radius 1 is 1.44 bits per heavy atom. The molecule has 0 aliphatic carbocycles. The number of hydrogen-bond acceptors (Lipinski definition) is 3. The number of benzene rings is 1. The first kappa shape index (κ1) is 13.0. The third-order valence-corrected chi connectivity index (χ3v) is 3.09. The molecular formula is C13H17FN2O2. The molecule has 0 saturated carbocycles. The van der Waals surface area contributed by atoms with E-state index in [0.717, 1.165) is 25.9 Å². The van der Waals surface area contributed by atoms with E-state index in [1.807, 2.05) is 0 Å². The van der Waals surface area contributed by atoms with E-state index < -0.39 is 5.91 Å². The van der Waals surface area contributed by atoms with Crippen LogP contribution < -0.4 is 11.1 Å². The van der Waals surface area contributed by atoms with E-state index in [1.165, 1.54) is 18.2 Å². The van der Waals surface area contributed by atoms with Gasteiger partial charge in [-0.1, -0.05) is 0 Å². The monoisotopic (exact) mass is 252 g/mol. The zero-order valence-electron chi connectivity index (χ0n) is 10.1. The fraction of sp³-hybridized carbons (Fsp3) is 0.462. The first-order chi connectivity index (χ1) is 8.66. The van der Waals surface area contributed by atoms with Gasteiger partial charge in [0, 0.05) is 11.1 Å². The van der Waals surface area contributed by atoms with Crippen LogP contribution in [0.5, 0.6) is 0 Å². The standard InChI is InChI=1S/C13H17FN2O2/c14-12-2-1-9(13(15)17)7-10(12)8-18-11-3-5-16-6-4-11/h1-2,7,11,16H,3-6,8H2,(H2,15,17). The highest BCUT2D eigenvalue weighted by Gasteiger charge is 2.14. The van der Waals surface area contributed by atoms with E-state index in [0.29, 0.717) is 11.1 Å². The van der Waals surface area contributed by atoms with Gasteiger partial charge in [-0.25, -0.2) is 4.39 Å². The number of primary amides is 1. The van der Waals surface area contributed by atoms with Crippen LogP contribution in [0.4, 0.5) is 4.39 Å². The first-order valence-corrected chi connectivity index (χ1v) is 6.07. The van der Waals surface area contributed by atoms with Gasteiger partial charge in [0.2, 0.25) is 5.91 Å². The summed E-state index contributed by atoms with van der Waals surface area (Å²) >= 11 is 0. The Labute approximate surface area is 105 Å². The van der Waals surface area contributed by atoms with Gasteiger partial charge < -0.3 is 15.8 Å². The molecule has 5 heteroatoms. The Morgan fingerprint density at radius 3 is 2.83 bits per heavy atom. The summed E-state index contributed by atoms with van der Waals surface area (Å²) in [6.07, 6.45) is 2.01. The number of nitrogens with one attached hydrogen (secondary N) is 1. The zero-order valence-corrected chi connectivity index (χ0v) is 10.1. The first-order valence-electron chi connectivity index (χ1n) is 6.07. The molecule has 1 saturated heterocycles. The Morgan fingerprint density at radius 2 is 2.17 bits per heavy atom. The third-order valence-electron chi connectivity index (χ3n) is 3.09. The number of hydrogen-bond donors (Lipinski definition) is 2. The molecule has 0 spiro atoms. The average Bonchev–Trinajstić information content (AvgIpc) is 2.38. The van der Waals surface area contributed by atoms with E-state index in [-0.39, 0.29) is 18.5 Å². The highest BCUT2D eigenvalue weighted by atomic mass is 19.1. The second-order valence-corrected chi connectivity index (χ2v) is 4.43. The Hall–Kier alpha value is -1.46. The van der Waals surface area contributed by atoms with Crippen LogP contribution >= 0.6 is 0 Å². The van der Waals surface area contributed by atoms with E-state index in [9.17, 15) is 9.18 Å². The van der Waals surface area contributed by atoms with Crippen molar-refractivity contribution < 1.29 is 13.9 Å². The molecule has 0 atom stereocenters. The van der Waals surface area contributed by atoms with Gasteiger partial charge >= 0.3 is 0 Å². The minimum atomic E-state index is -0.557. The van der Waals surface area contributed by atoms with E-state index in [4.69, 9.17) is 10.5 Å². The predicted molar refractivity (Wildman–Crippen MR) is 65.6 cm³/mol. The summed E-state index contributed by atoms with van der Waals surface area (Å²) < 4.78 is 19.2. The van der Waals surface area contributed by atoms with Crippen molar-refractivity contribution in [3.05, 3.63) is 35.1 Å². The van der Waals surface area contributed by atoms with Gasteiger partial charge in [0.1, 0.15) is 5.82 Å². The molecule has 1 heterocycles. The predicted octanol–water partition coefficient (Wildman–Crippen LogP) is 1.19. The largest absolute Gasteiger partial charge is 0.373 e. The quantitative estimate of drug-likeness (QED) is 0.846. The molecule has 3 N–H and O–H groups in total. The Bertz CT molecular complexity index is 431. The summed E-state index contributed by atoms with van der Waals surface area (Å²) in [5, 5.41) is 3.23. The third kappa shape index (κ3) is 3.27. The SMILES string of the molecule is NC(=O)c1ccc(F)c(COC2CCNCC2)c1. The van der Waals surface area contributed by atoms with Gasteiger partial charge in [0.25, 0.3) is 0 Å². The fourth-order valence-corrected chi connectivity index (χ4v) is 2.01. The van der Waals surface area contributed by atoms with E-state index in [2.05, 4.69) is 5.32 Å². The van der Waals surface area contributed by atoms with Crippen molar-refractivity contribution in [1.82, 2.24) is 5.32 Å². The molecule has 1 fully saturated rings. The summed E-state index contributed by atoms with van der Waals surface area (Å²) in [5.41, 5.74) is 5.85. The van der Waals surface area contributed by atoms with Crippen molar-refractivity contribution in [2.24, 2.45) is 5.73 Å². The Balaban J connectivity index is 1.99. The molecule has 1 aliphatic heterocycles. The minimum Gasteiger partial charge on any atom is -0.373 e. The second-order valence-electron chi connectivity index (χ2n) is 4.43. The van der Waals surface area contributed by atoms with Crippen molar-refractivity contribution in [2.75, 3.05) is 13.1 Å². The Kier molecular flexibility index (Phi) is 4.28. The van der Waals surface area contributed by atoms with Crippen LogP contribution in [0.3, 0.4) is 0 Å². The highest BCUT2D eigenvalue weighted by molar-refractivity contribution is 5.92. The highest BCUT2D eigenvalue weighted by Crippen LogP contribution is 2.15. The zero-order chi connectivity index (χ0) is 13.0. The van der Waals surface area contributed by atoms with Crippen LogP contribution in [0.1, 0.15) is 28.8 Å². The number of amides is 1. The number of halogens is 1. The molecule has 18 heavy (non-hydrogen) atoms. The lowest BCUT2D eigenvalue weighted by Gasteiger charge is -2.23. The van der Waals surface area contributed by atoms with Gasteiger partial charge in [0.05, 0.1) is 12.7 Å². The molecule has 0 aromatic heterocycles. The number of nitrogens with two attached hydrogens (primary N) is 1. The van der Waals surface area contributed by atoms with Crippen LogP contribution in [0, 0.1) is 5.82 Å². The smallest absolute Gasteiger partial charge is 0.248 e. The van der Waals surface area contributed by atoms with Crippen LogP contribution in [-0.2, 0) is 11.3 Å².